The second-order valence-electron chi connectivity index (χ2n) is 9.42. The minimum atomic E-state index is -0.0493. The first-order valence-corrected chi connectivity index (χ1v) is 10.3. The molecule has 0 aliphatic heterocycles. The van der Waals surface area contributed by atoms with E-state index in [-0.39, 0.29) is 23.5 Å². The van der Waals surface area contributed by atoms with E-state index in [0.29, 0.717) is 31.1 Å². The van der Waals surface area contributed by atoms with Gasteiger partial charge in [0.2, 0.25) is 12.3 Å². The minimum absolute atomic E-state index is 0.00118. The molecule has 0 unspecified atom stereocenters. The summed E-state index contributed by atoms with van der Waals surface area (Å²) < 4.78 is 7.02. The van der Waals surface area contributed by atoms with Crippen LogP contribution in [0.4, 0.5) is 0 Å². The lowest BCUT2D eigenvalue weighted by Gasteiger charge is -2.30. The van der Waals surface area contributed by atoms with Gasteiger partial charge in [-0.25, -0.2) is 0 Å². The average Bonchev–Trinajstić information content (AvgIpc) is 3.21. The van der Waals surface area contributed by atoms with Gasteiger partial charge in [-0.1, -0.05) is 32.9 Å². The molecule has 0 atom stereocenters. The fourth-order valence-electron chi connectivity index (χ4n) is 4.22. The van der Waals surface area contributed by atoms with Crippen molar-refractivity contribution in [3.8, 4) is 0 Å². The molecule has 2 heterocycles. The van der Waals surface area contributed by atoms with E-state index in [1.54, 1.807) is 11.9 Å². The zero-order valence-corrected chi connectivity index (χ0v) is 18.4. The Morgan fingerprint density at radius 1 is 1.34 bits per heavy atom. The largest absolute Gasteiger partial charge is 0.348 e. The van der Waals surface area contributed by atoms with Crippen molar-refractivity contribution in [1.29, 1.82) is 0 Å². The Bertz CT molecular complexity index is 894. The maximum absolute atomic E-state index is 13.0. The number of carbonyl (C=O) groups excluding carboxylic acids is 2. The van der Waals surface area contributed by atoms with E-state index in [9.17, 15) is 9.59 Å². The van der Waals surface area contributed by atoms with Crippen LogP contribution >= 0.6 is 0 Å². The van der Waals surface area contributed by atoms with Crippen molar-refractivity contribution in [1.82, 2.24) is 19.6 Å². The number of nitrogens with zero attached hydrogens (tertiary/aromatic N) is 4. The summed E-state index contributed by atoms with van der Waals surface area (Å²) >= 11 is 0. The van der Waals surface area contributed by atoms with Crippen LogP contribution in [0.3, 0.4) is 0 Å². The van der Waals surface area contributed by atoms with Crippen LogP contribution in [0.5, 0.6) is 0 Å². The van der Waals surface area contributed by atoms with E-state index >= 15 is 0 Å². The normalized spacial score (nSPS) is 15.6. The molecule has 2 aromatic heterocycles. The summed E-state index contributed by atoms with van der Waals surface area (Å²) in [5, 5.41) is 3.79. The van der Waals surface area contributed by atoms with Gasteiger partial charge in [-0.15, -0.1) is 0 Å². The van der Waals surface area contributed by atoms with E-state index < -0.39 is 0 Å². The highest BCUT2D eigenvalue weighted by atomic mass is 16.5. The molecule has 1 amide bonds. The van der Waals surface area contributed by atoms with E-state index in [1.165, 1.54) is 6.39 Å². The van der Waals surface area contributed by atoms with Crippen molar-refractivity contribution in [2.75, 3.05) is 13.6 Å². The molecule has 0 aromatic carbocycles. The van der Waals surface area contributed by atoms with Gasteiger partial charge in [0.25, 0.3) is 0 Å². The molecule has 3 rings (SSSR count). The van der Waals surface area contributed by atoms with Crippen LogP contribution in [0.15, 0.2) is 10.9 Å². The number of rotatable bonds is 7. The number of ketones is 1. The van der Waals surface area contributed by atoms with Crippen LogP contribution in [0.25, 0.3) is 0 Å². The number of fused-ring (bicyclic) bond motifs is 1. The van der Waals surface area contributed by atoms with Crippen LogP contribution in [-0.4, -0.2) is 44.9 Å². The summed E-state index contributed by atoms with van der Waals surface area (Å²) in [5.74, 6) is 1.21. The zero-order valence-electron chi connectivity index (χ0n) is 18.4. The zero-order chi connectivity index (χ0) is 21.3. The molecular formula is C22H32N4O3. The molecule has 0 radical (unpaired) electrons. The monoisotopic (exact) mass is 400 g/mol. The lowest BCUT2D eigenvalue weighted by Crippen LogP contribution is -2.32. The highest BCUT2D eigenvalue weighted by Gasteiger charge is 2.37. The Morgan fingerprint density at radius 2 is 2.07 bits per heavy atom. The third kappa shape index (κ3) is 4.60. The van der Waals surface area contributed by atoms with Gasteiger partial charge in [0.05, 0.1) is 6.42 Å². The second kappa shape index (κ2) is 8.13. The van der Waals surface area contributed by atoms with Crippen molar-refractivity contribution < 1.29 is 14.1 Å². The lowest BCUT2D eigenvalue weighted by molar-refractivity contribution is -0.129. The fraction of sp³-hybridized carbons (Fsp3) is 0.636. The first-order chi connectivity index (χ1) is 13.6. The maximum Gasteiger partial charge on any atom is 0.226 e. The first kappa shape index (κ1) is 21.3. The third-order valence-electron chi connectivity index (χ3n) is 5.70. The maximum atomic E-state index is 13.0. The van der Waals surface area contributed by atoms with Gasteiger partial charge in [0.15, 0.2) is 11.6 Å². The van der Waals surface area contributed by atoms with E-state index in [0.717, 1.165) is 35.5 Å². The molecule has 0 N–H and O–H groups in total. The van der Waals surface area contributed by atoms with Gasteiger partial charge >= 0.3 is 0 Å². The smallest absolute Gasteiger partial charge is 0.226 e. The van der Waals surface area contributed by atoms with Crippen molar-refractivity contribution in [2.24, 2.45) is 11.3 Å². The van der Waals surface area contributed by atoms with Crippen molar-refractivity contribution in [3.63, 3.8) is 0 Å². The van der Waals surface area contributed by atoms with Crippen molar-refractivity contribution in [3.05, 3.63) is 34.7 Å². The van der Waals surface area contributed by atoms with Gasteiger partial charge in [0.1, 0.15) is 0 Å². The fourth-order valence-corrected chi connectivity index (χ4v) is 4.22. The van der Waals surface area contributed by atoms with Gasteiger partial charge < -0.3 is 14.0 Å². The predicted octanol–water partition coefficient (Wildman–Crippen LogP) is 3.23. The average molecular weight is 401 g/mol. The second-order valence-corrected chi connectivity index (χ2v) is 9.42. The van der Waals surface area contributed by atoms with Crippen molar-refractivity contribution >= 4 is 11.7 Å². The van der Waals surface area contributed by atoms with E-state index in [4.69, 9.17) is 4.52 Å². The molecule has 7 heteroatoms. The molecule has 0 bridgehead atoms. The number of hydrogen-bond acceptors (Lipinski definition) is 5. The highest BCUT2D eigenvalue weighted by Crippen LogP contribution is 2.39. The van der Waals surface area contributed by atoms with Gasteiger partial charge in [-0.05, 0) is 30.2 Å². The lowest BCUT2D eigenvalue weighted by atomic mass is 9.75. The molecule has 0 fully saturated rings. The molecule has 0 saturated carbocycles. The van der Waals surface area contributed by atoms with Gasteiger partial charge in [-0.2, -0.15) is 4.98 Å². The number of aromatic nitrogens is 3. The van der Waals surface area contributed by atoms with Crippen molar-refractivity contribution in [2.45, 2.75) is 66.8 Å². The van der Waals surface area contributed by atoms with Crippen LogP contribution in [-0.2, 0) is 30.6 Å². The summed E-state index contributed by atoms with van der Waals surface area (Å²) in [6, 6.07) is 0. The standard InChI is InChI=1S/C22H32N4O3/c1-14(2)12-26-15(3)16(21-17(26)10-22(4,5)11-18(21)27)9-20(28)25(6)8-7-19-23-13-29-24-19/h13-14H,7-12H2,1-6H3. The number of carbonyl (C=O) groups is 2. The molecule has 158 valence electrons. The third-order valence-corrected chi connectivity index (χ3v) is 5.70. The first-order valence-electron chi connectivity index (χ1n) is 10.3. The summed E-state index contributed by atoms with van der Waals surface area (Å²) in [7, 11) is 1.78. The SMILES string of the molecule is Cc1c(CC(=O)N(C)CCc2ncon2)c2c(n1CC(C)C)CC(C)(C)CC2=O. The molecule has 0 saturated heterocycles. The van der Waals surface area contributed by atoms with Crippen LogP contribution in [0.2, 0.25) is 0 Å². The van der Waals surface area contributed by atoms with Crippen LogP contribution < -0.4 is 0 Å². The van der Waals surface area contributed by atoms with E-state index in [1.807, 2.05) is 6.92 Å². The molecule has 0 spiro atoms. The Hall–Kier alpha value is -2.44. The van der Waals surface area contributed by atoms with Crippen LogP contribution in [0, 0.1) is 18.3 Å². The highest BCUT2D eigenvalue weighted by molar-refractivity contribution is 6.01. The molecule has 29 heavy (non-hydrogen) atoms. The number of hydrogen-bond donors (Lipinski definition) is 0. The summed E-state index contributed by atoms with van der Waals surface area (Å²) in [4.78, 5) is 31.6. The Morgan fingerprint density at radius 3 is 2.69 bits per heavy atom. The molecular weight excluding hydrogens is 368 g/mol. The molecule has 2 aromatic rings. The van der Waals surface area contributed by atoms with Gasteiger partial charge in [-0.3, -0.25) is 9.59 Å². The van der Waals surface area contributed by atoms with Crippen LogP contribution in [0.1, 0.15) is 67.2 Å². The number of amides is 1. The predicted molar refractivity (Wildman–Crippen MR) is 110 cm³/mol. The Labute approximate surface area is 172 Å². The summed E-state index contributed by atoms with van der Waals surface area (Å²) in [6.45, 7) is 12.1. The topological polar surface area (TPSA) is 81.2 Å². The number of Topliss-reactive ketones (excluding diaryl/α,β-unsaturated/α-hetero) is 1. The minimum Gasteiger partial charge on any atom is -0.348 e. The van der Waals surface area contributed by atoms with Gasteiger partial charge in [0, 0.05) is 49.9 Å². The molecule has 1 aliphatic rings. The quantitative estimate of drug-likeness (QED) is 0.713. The number of likely N-dealkylation sites (N-methyl/N-ethyl adjacent to an activating group) is 1. The summed E-state index contributed by atoms with van der Waals surface area (Å²) in [6.07, 6.45) is 3.46. The Kier molecular flexibility index (Phi) is 5.96. The van der Waals surface area contributed by atoms with E-state index in [2.05, 4.69) is 42.4 Å². The summed E-state index contributed by atoms with van der Waals surface area (Å²) in [5.41, 5.74) is 3.80. The molecule has 1 aliphatic carbocycles. The Balaban J connectivity index is 1.86. The molecule has 7 nitrogen and oxygen atoms in total.